The monoisotopic (exact) mass is 347 g/mol. The zero-order valence-corrected chi connectivity index (χ0v) is 14.6. The zero-order chi connectivity index (χ0) is 18.0. The van der Waals surface area contributed by atoms with Gasteiger partial charge in [-0.2, -0.15) is 0 Å². The number of likely N-dealkylation sites (N-methyl/N-ethyl adjacent to an activating group) is 1. The average molecular weight is 347 g/mol. The van der Waals surface area contributed by atoms with E-state index < -0.39 is 6.17 Å². The lowest BCUT2D eigenvalue weighted by Gasteiger charge is -2.27. The number of aryl methyl sites for hydroxylation is 2. The Hall–Kier alpha value is -2.35. The molecule has 1 amide bonds. The highest BCUT2D eigenvalue weighted by Crippen LogP contribution is 2.23. The Labute approximate surface area is 145 Å². The van der Waals surface area contributed by atoms with Gasteiger partial charge in [-0.15, -0.1) is 0 Å². The molecular formula is C17H22FN5O2. The van der Waals surface area contributed by atoms with Gasteiger partial charge in [0.1, 0.15) is 23.3 Å². The molecule has 7 nitrogen and oxygen atoms in total. The van der Waals surface area contributed by atoms with Crippen molar-refractivity contribution in [3.05, 3.63) is 41.3 Å². The van der Waals surface area contributed by atoms with Crippen molar-refractivity contribution >= 4 is 5.91 Å². The lowest BCUT2D eigenvalue weighted by molar-refractivity contribution is 0.0746. The molecule has 3 heterocycles. The summed E-state index contributed by atoms with van der Waals surface area (Å²) in [6.07, 6.45) is 2.84. The minimum atomic E-state index is -0.906. The van der Waals surface area contributed by atoms with Crippen LogP contribution in [0, 0.1) is 13.8 Å². The predicted octanol–water partition coefficient (Wildman–Crippen LogP) is 1.77. The summed E-state index contributed by atoms with van der Waals surface area (Å²) in [6.45, 7) is 4.68. The van der Waals surface area contributed by atoms with Crippen LogP contribution in [0.5, 0.6) is 0 Å². The quantitative estimate of drug-likeness (QED) is 0.820. The second-order valence-electron chi connectivity index (χ2n) is 6.47. The molecule has 1 fully saturated rings. The van der Waals surface area contributed by atoms with Crippen LogP contribution in [-0.4, -0.2) is 63.2 Å². The highest BCUT2D eigenvalue weighted by atomic mass is 19.1. The smallest absolute Gasteiger partial charge is 0.259 e. The van der Waals surface area contributed by atoms with E-state index in [0.717, 1.165) is 0 Å². The molecule has 1 saturated heterocycles. The third-order valence-corrected chi connectivity index (χ3v) is 4.52. The van der Waals surface area contributed by atoms with E-state index in [2.05, 4.69) is 15.1 Å². The normalized spacial score (nSPS) is 20.8. The average Bonchev–Trinajstić information content (AvgIpc) is 3.09. The first-order valence-electron chi connectivity index (χ1n) is 8.28. The van der Waals surface area contributed by atoms with Crippen molar-refractivity contribution < 1.29 is 13.7 Å². The Morgan fingerprint density at radius 3 is 2.76 bits per heavy atom. The van der Waals surface area contributed by atoms with Crippen molar-refractivity contribution in [3.63, 3.8) is 0 Å². The van der Waals surface area contributed by atoms with E-state index in [1.165, 1.54) is 0 Å². The zero-order valence-electron chi connectivity index (χ0n) is 14.6. The molecule has 0 N–H and O–H groups in total. The molecule has 0 radical (unpaired) electrons. The number of hydrogen-bond donors (Lipinski definition) is 0. The minimum Gasteiger partial charge on any atom is -0.361 e. The van der Waals surface area contributed by atoms with Crippen LogP contribution in [0.3, 0.4) is 0 Å². The maximum Gasteiger partial charge on any atom is 0.259 e. The van der Waals surface area contributed by atoms with Gasteiger partial charge in [-0.05, 0) is 26.3 Å². The number of nitrogens with zero attached hydrogens (tertiary/aromatic N) is 5. The standard InChI is InChI=1S/C17H22FN5O2/c1-11-16(12(2)25-21-11)17(24)22(3)9-14-7-13(18)8-23(14)10-15-19-5-4-6-20-15/h4-6,13-14H,7-10H2,1-3H3/t13-,14-/m0/s1. The van der Waals surface area contributed by atoms with Crippen molar-refractivity contribution in [3.8, 4) is 0 Å². The predicted molar refractivity (Wildman–Crippen MR) is 88.7 cm³/mol. The molecular weight excluding hydrogens is 325 g/mol. The molecule has 2 aromatic rings. The number of halogens is 1. The van der Waals surface area contributed by atoms with Crippen molar-refractivity contribution in [1.82, 2.24) is 24.9 Å². The minimum absolute atomic E-state index is 0.0757. The molecule has 8 heteroatoms. The summed E-state index contributed by atoms with van der Waals surface area (Å²) in [5.74, 6) is 0.995. The van der Waals surface area contributed by atoms with Crippen molar-refractivity contribution in [2.24, 2.45) is 0 Å². The van der Waals surface area contributed by atoms with Crippen LogP contribution >= 0.6 is 0 Å². The Bertz CT molecular complexity index is 716. The van der Waals surface area contributed by atoms with Gasteiger partial charge in [-0.3, -0.25) is 9.69 Å². The van der Waals surface area contributed by atoms with Gasteiger partial charge in [-0.25, -0.2) is 14.4 Å². The first-order valence-corrected chi connectivity index (χ1v) is 8.28. The third-order valence-electron chi connectivity index (χ3n) is 4.52. The lowest BCUT2D eigenvalue weighted by atomic mass is 10.1. The first kappa shape index (κ1) is 17.5. The van der Waals surface area contributed by atoms with Gasteiger partial charge in [0, 0.05) is 38.6 Å². The van der Waals surface area contributed by atoms with Gasteiger partial charge < -0.3 is 9.42 Å². The fourth-order valence-electron chi connectivity index (χ4n) is 3.28. The van der Waals surface area contributed by atoms with E-state index >= 15 is 0 Å². The Morgan fingerprint density at radius 1 is 1.40 bits per heavy atom. The highest BCUT2D eigenvalue weighted by Gasteiger charge is 2.34. The van der Waals surface area contributed by atoms with Crippen LogP contribution in [0.25, 0.3) is 0 Å². The second kappa shape index (κ2) is 7.26. The Kier molecular flexibility index (Phi) is 5.08. The van der Waals surface area contributed by atoms with E-state index in [9.17, 15) is 9.18 Å². The van der Waals surface area contributed by atoms with Crippen LogP contribution in [-0.2, 0) is 6.54 Å². The van der Waals surface area contributed by atoms with Gasteiger partial charge in [0.2, 0.25) is 0 Å². The molecule has 25 heavy (non-hydrogen) atoms. The molecule has 2 atom stereocenters. The molecule has 1 aliphatic rings. The molecule has 3 rings (SSSR count). The van der Waals surface area contributed by atoms with Crippen molar-refractivity contribution in [1.29, 1.82) is 0 Å². The molecule has 0 saturated carbocycles. The number of amides is 1. The van der Waals surface area contributed by atoms with Gasteiger partial charge in [-0.1, -0.05) is 5.16 Å². The van der Waals surface area contributed by atoms with Crippen molar-refractivity contribution in [2.45, 2.75) is 39.0 Å². The fraction of sp³-hybridized carbons (Fsp3) is 0.529. The Balaban J connectivity index is 1.68. The van der Waals surface area contributed by atoms with E-state index in [1.54, 1.807) is 44.3 Å². The SMILES string of the molecule is Cc1noc(C)c1C(=O)N(C)C[C@@H]1C[C@H](F)CN1Cc1ncccn1. The number of hydrogen-bond acceptors (Lipinski definition) is 6. The fourth-order valence-corrected chi connectivity index (χ4v) is 3.28. The van der Waals surface area contributed by atoms with Gasteiger partial charge in [0.25, 0.3) is 5.91 Å². The first-order chi connectivity index (χ1) is 12.0. The van der Waals surface area contributed by atoms with Gasteiger partial charge in [0.15, 0.2) is 0 Å². The molecule has 2 aromatic heterocycles. The number of carbonyl (C=O) groups excluding carboxylic acids is 1. The molecule has 134 valence electrons. The summed E-state index contributed by atoms with van der Waals surface area (Å²) in [6, 6.07) is 1.67. The molecule has 0 bridgehead atoms. The summed E-state index contributed by atoms with van der Waals surface area (Å²) in [4.78, 5) is 24.7. The summed E-state index contributed by atoms with van der Waals surface area (Å²) in [5, 5.41) is 3.82. The topological polar surface area (TPSA) is 75.4 Å². The van der Waals surface area contributed by atoms with Crippen LogP contribution in [0.1, 0.15) is 34.1 Å². The van der Waals surface area contributed by atoms with Crippen LogP contribution in [0.15, 0.2) is 23.0 Å². The van der Waals surface area contributed by atoms with Gasteiger partial charge in [0.05, 0.1) is 12.2 Å². The van der Waals surface area contributed by atoms with E-state index in [0.29, 0.717) is 48.9 Å². The van der Waals surface area contributed by atoms with Crippen LogP contribution in [0.2, 0.25) is 0 Å². The largest absolute Gasteiger partial charge is 0.361 e. The number of rotatable bonds is 5. The molecule has 0 aromatic carbocycles. The molecule has 0 spiro atoms. The van der Waals surface area contributed by atoms with Crippen LogP contribution in [0.4, 0.5) is 4.39 Å². The van der Waals surface area contributed by atoms with E-state index in [-0.39, 0.29) is 11.9 Å². The number of aromatic nitrogens is 3. The third kappa shape index (κ3) is 3.84. The van der Waals surface area contributed by atoms with Crippen LogP contribution < -0.4 is 0 Å². The van der Waals surface area contributed by atoms with E-state index in [4.69, 9.17) is 4.52 Å². The molecule has 1 aliphatic heterocycles. The van der Waals surface area contributed by atoms with E-state index in [1.807, 2.05) is 4.90 Å². The van der Waals surface area contributed by atoms with Gasteiger partial charge >= 0.3 is 0 Å². The summed E-state index contributed by atoms with van der Waals surface area (Å²) >= 11 is 0. The molecule has 0 aliphatic carbocycles. The highest BCUT2D eigenvalue weighted by molar-refractivity contribution is 5.95. The Morgan fingerprint density at radius 2 is 2.12 bits per heavy atom. The van der Waals surface area contributed by atoms with Crippen molar-refractivity contribution in [2.75, 3.05) is 20.1 Å². The number of alkyl halides is 1. The summed E-state index contributed by atoms with van der Waals surface area (Å²) in [7, 11) is 1.72. The maximum atomic E-state index is 14.0. The number of likely N-dealkylation sites (tertiary alicyclic amines) is 1. The summed E-state index contributed by atoms with van der Waals surface area (Å²) in [5.41, 5.74) is 1.05. The maximum absolute atomic E-state index is 14.0. The second-order valence-corrected chi connectivity index (χ2v) is 6.47. The number of carbonyl (C=O) groups is 1. The summed E-state index contributed by atoms with van der Waals surface area (Å²) < 4.78 is 19.0. The lowest BCUT2D eigenvalue weighted by Crippen LogP contribution is -2.41. The molecule has 0 unspecified atom stereocenters.